The van der Waals surface area contributed by atoms with E-state index in [0.717, 1.165) is 0 Å². The van der Waals surface area contributed by atoms with Crippen LogP contribution in [0.15, 0.2) is 30.0 Å². The Balaban J connectivity index is 2.19. The van der Waals surface area contributed by atoms with Crippen LogP contribution >= 0.6 is 0 Å². The van der Waals surface area contributed by atoms with E-state index in [9.17, 15) is 29.1 Å². The van der Waals surface area contributed by atoms with Crippen molar-refractivity contribution in [3.63, 3.8) is 0 Å². The molecule has 18 nitrogen and oxygen atoms in total. The van der Waals surface area contributed by atoms with Gasteiger partial charge in [0, 0.05) is 43.2 Å². The number of imidazole rings is 2. The lowest BCUT2D eigenvalue weighted by atomic mass is 10.1. The first-order valence-corrected chi connectivity index (χ1v) is 12.1. The molecule has 2 heterocycles. The summed E-state index contributed by atoms with van der Waals surface area (Å²) in [5, 5.41) is 16.7. The summed E-state index contributed by atoms with van der Waals surface area (Å²) in [4.78, 5) is 79.2. The molecule has 0 aliphatic heterocycles. The number of rotatable bonds is 17. The SMILES string of the molecule is NC(=O)CC(NC(=O)C(Cc1cnc[nH]1)NC(=O)C(Cc1cnc[nH]1)NC(=O)C(N)CCCN=C(N)N)C(=O)O. The molecule has 4 amide bonds. The summed E-state index contributed by atoms with van der Waals surface area (Å²) in [6.07, 6.45) is 5.44. The van der Waals surface area contributed by atoms with Crippen LogP contribution in [0.5, 0.6) is 0 Å². The minimum absolute atomic E-state index is 0.0316. The highest BCUT2D eigenvalue weighted by molar-refractivity contribution is 5.95. The van der Waals surface area contributed by atoms with Gasteiger partial charge in [0.1, 0.15) is 18.1 Å². The van der Waals surface area contributed by atoms with Crippen molar-refractivity contribution in [1.82, 2.24) is 35.9 Å². The molecule has 0 bridgehead atoms. The molecule has 0 aromatic carbocycles. The summed E-state index contributed by atoms with van der Waals surface area (Å²) in [7, 11) is 0. The summed E-state index contributed by atoms with van der Waals surface area (Å²) in [5.74, 6) is -4.83. The molecule has 2 aromatic rings. The number of aromatic nitrogens is 4. The van der Waals surface area contributed by atoms with Crippen molar-refractivity contribution < 1.29 is 29.1 Å². The molecular weight excluding hydrogens is 528 g/mol. The lowest BCUT2D eigenvalue weighted by Gasteiger charge is -2.24. The van der Waals surface area contributed by atoms with Crippen LogP contribution in [0.2, 0.25) is 0 Å². The van der Waals surface area contributed by atoms with Crippen molar-refractivity contribution in [2.45, 2.75) is 56.3 Å². The third-order valence-corrected chi connectivity index (χ3v) is 5.55. The number of amides is 4. The van der Waals surface area contributed by atoms with Crippen molar-refractivity contribution in [2.75, 3.05) is 6.54 Å². The number of guanidine groups is 1. The highest BCUT2D eigenvalue weighted by Gasteiger charge is 2.31. The predicted molar refractivity (Wildman–Crippen MR) is 140 cm³/mol. The Hall–Kier alpha value is -5.00. The van der Waals surface area contributed by atoms with Gasteiger partial charge in [-0.15, -0.1) is 0 Å². The molecule has 0 saturated carbocycles. The fourth-order valence-electron chi connectivity index (χ4n) is 3.53. The van der Waals surface area contributed by atoms with Gasteiger partial charge in [0.05, 0.1) is 25.1 Å². The number of nitrogens with one attached hydrogen (secondary N) is 5. The zero-order valence-corrected chi connectivity index (χ0v) is 21.5. The minimum Gasteiger partial charge on any atom is -0.480 e. The van der Waals surface area contributed by atoms with Crippen molar-refractivity contribution >= 4 is 35.6 Å². The zero-order chi connectivity index (χ0) is 29.7. The van der Waals surface area contributed by atoms with Crippen LogP contribution < -0.4 is 38.9 Å². The molecule has 218 valence electrons. The third-order valence-electron chi connectivity index (χ3n) is 5.55. The van der Waals surface area contributed by atoms with Crippen LogP contribution in [0.1, 0.15) is 30.7 Å². The van der Waals surface area contributed by atoms with Gasteiger partial charge in [0.15, 0.2) is 5.96 Å². The van der Waals surface area contributed by atoms with Gasteiger partial charge in [-0.1, -0.05) is 0 Å². The monoisotopic (exact) mass is 562 g/mol. The summed E-state index contributed by atoms with van der Waals surface area (Å²) in [5.41, 5.74) is 22.6. The third kappa shape index (κ3) is 10.8. The van der Waals surface area contributed by atoms with E-state index >= 15 is 0 Å². The molecule has 40 heavy (non-hydrogen) atoms. The molecule has 14 N–H and O–H groups in total. The van der Waals surface area contributed by atoms with Gasteiger partial charge in [-0.2, -0.15) is 0 Å². The van der Waals surface area contributed by atoms with Crippen LogP contribution in [-0.4, -0.2) is 91.3 Å². The van der Waals surface area contributed by atoms with Gasteiger partial charge in [-0.3, -0.25) is 24.2 Å². The fraction of sp³-hybridized carbons (Fsp3) is 0.455. The molecular formula is C22H34N12O6. The smallest absolute Gasteiger partial charge is 0.326 e. The van der Waals surface area contributed by atoms with Gasteiger partial charge in [0.25, 0.3) is 0 Å². The second kappa shape index (κ2) is 15.4. The fourth-order valence-corrected chi connectivity index (χ4v) is 3.53. The number of aromatic amines is 2. The van der Waals surface area contributed by atoms with E-state index in [2.05, 4.69) is 40.9 Å². The molecule has 0 radical (unpaired) electrons. The van der Waals surface area contributed by atoms with Gasteiger partial charge >= 0.3 is 5.97 Å². The van der Waals surface area contributed by atoms with E-state index in [4.69, 9.17) is 22.9 Å². The molecule has 0 saturated heterocycles. The van der Waals surface area contributed by atoms with E-state index in [-0.39, 0.29) is 31.8 Å². The maximum atomic E-state index is 13.4. The first kappa shape index (κ1) is 31.2. The molecule has 0 spiro atoms. The molecule has 4 atom stereocenters. The largest absolute Gasteiger partial charge is 0.480 e. The lowest BCUT2D eigenvalue weighted by molar-refractivity contribution is -0.143. The summed E-state index contributed by atoms with van der Waals surface area (Å²) in [6, 6.07) is -5.13. The second-order valence-electron chi connectivity index (χ2n) is 8.81. The van der Waals surface area contributed by atoms with E-state index in [1.54, 1.807) is 0 Å². The molecule has 0 aliphatic carbocycles. The standard InChI is InChI=1S/C22H34N12O6/c23-13(2-1-3-29-22(25)26)18(36)32-14(4-11-7-27-9-30-11)19(37)33-15(5-12-8-28-10-31-12)20(38)34-16(21(39)40)6-17(24)35/h7-10,13-16H,1-6,23H2,(H2,24,35)(H,27,30)(H,28,31)(H,32,36)(H,33,37)(H,34,38)(H,39,40)(H4,25,26,29). The predicted octanol–water partition coefficient (Wildman–Crippen LogP) is -4.29. The second-order valence-corrected chi connectivity index (χ2v) is 8.81. The normalized spacial score (nSPS) is 13.7. The Morgan fingerprint density at radius 1 is 0.850 bits per heavy atom. The Labute approximate surface area is 228 Å². The molecule has 4 unspecified atom stereocenters. The van der Waals surface area contributed by atoms with E-state index in [0.29, 0.717) is 17.8 Å². The average Bonchev–Trinajstić information content (AvgIpc) is 3.59. The van der Waals surface area contributed by atoms with Gasteiger partial charge in [-0.05, 0) is 12.8 Å². The number of carbonyl (C=O) groups excluding carboxylic acids is 4. The summed E-state index contributed by atoms with van der Waals surface area (Å²) < 4.78 is 0. The van der Waals surface area contributed by atoms with Crippen molar-refractivity contribution in [3.05, 3.63) is 36.4 Å². The number of aliphatic imine (C=N–C) groups is 1. The Morgan fingerprint density at radius 2 is 1.35 bits per heavy atom. The Kier molecular flexibility index (Phi) is 12.0. The molecule has 0 aliphatic rings. The van der Waals surface area contributed by atoms with Crippen LogP contribution in [0.3, 0.4) is 0 Å². The maximum Gasteiger partial charge on any atom is 0.326 e. The summed E-state index contributed by atoms with van der Waals surface area (Å²) >= 11 is 0. The summed E-state index contributed by atoms with van der Waals surface area (Å²) in [6.45, 7) is 0.263. The highest BCUT2D eigenvalue weighted by Crippen LogP contribution is 2.06. The molecule has 2 rings (SSSR count). The number of carboxylic acid groups (broad SMARTS) is 1. The maximum absolute atomic E-state index is 13.4. The molecule has 2 aromatic heterocycles. The number of hydrogen-bond acceptors (Lipinski definition) is 9. The van der Waals surface area contributed by atoms with E-state index in [1.165, 1.54) is 25.0 Å². The molecule has 18 heteroatoms. The minimum atomic E-state index is -1.62. The first-order valence-electron chi connectivity index (χ1n) is 12.1. The Bertz CT molecular complexity index is 1160. The highest BCUT2D eigenvalue weighted by atomic mass is 16.4. The Morgan fingerprint density at radius 3 is 1.77 bits per heavy atom. The number of carboxylic acids is 1. The van der Waals surface area contributed by atoms with Crippen LogP contribution in [-0.2, 0) is 36.8 Å². The van der Waals surface area contributed by atoms with E-state index < -0.39 is 60.2 Å². The lowest BCUT2D eigenvalue weighted by Crippen LogP contribution is -2.58. The van der Waals surface area contributed by atoms with Gasteiger partial charge in [0.2, 0.25) is 23.6 Å². The number of carbonyl (C=O) groups is 5. The first-order chi connectivity index (χ1) is 19.0. The topological polar surface area (TPSA) is 315 Å². The molecule has 0 fully saturated rings. The van der Waals surface area contributed by atoms with Crippen molar-refractivity contribution in [2.24, 2.45) is 27.9 Å². The zero-order valence-electron chi connectivity index (χ0n) is 21.5. The average molecular weight is 563 g/mol. The number of aliphatic carboxylic acids is 1. The van der Waals surface area contributed by atoms with Crippen molar-refractivity contribution in [3.8, 4) is 0 Å². The van der Waals surface area contributed by atoms with Crippen LogP contribution in [0.4, 0.5) is 0 Å². The number of hydrogen-bond donors (Lipinski definition) is 10. The number of nitrogens with zero attached hydrogens (tertiary/aromatic N) is 3. The van der Waals surface area contributed by atoms with Crippen molar-refractivity contribution in [1.29, 1.82) is 0 Å². The number of nitrogens with two attached hydrogens (primary N) is 4. The van der Waals surface area contributed by atoms with Gasteiger partial charge < -0.3 is 54.0 Å². The number of H-pyrrole nitrogens is 2. The van der Waals surface area contributed by atoms with E-state index in [1.807, 2.05) is 0 Å². The van der Waals surface area contributed by atoms with Crippen LogP contribution in [0.25, 0.3) is 0 Å². The number of primary amides is 1. The van der Waals surface area contributed by atoms with Gasteiger partial charge in [-0.25, -0.2) is 14.8 Å². The quantitative estimate of drug-likeness (QED) is 0.0499. The van der Waals surface area contributed by atoms with Crippen LogP contribution in [0, 0.1) is 0 Å².